The highest BCUT2D eigenvalue weighted by Gasteiger charge is 2.27. The van der Waals surface area contributed by atoms with Crippen LogP contribution in [-0.2, 0) is 11.2 Å². The van der Waals surface area contributed by atoms with Crippen molar-refractivity contribution < 1.29 is 14.6 Å². The van der Waals surface area contributed by atoms with Gasteiger partial charge in [-0.3, -0.25) is 4.79 Å². The topological polar surface area (TPSA) is 84.6 Å². The van der Waals surface area contributed by atoms with Crippen molar-refractivity contribution in [2.45, 2.75) is 38.6 Å². The smallest absolute Gasteiger partial charge is 0.246 e. The Morgan fingerprint density at radius 3 is 2.06 bits per heavy atom. The van der Waals surface area contributed by atoms with Gasteiger partial charge in [-0.2, -0.15) is 0 Å². The molecule has 5 nitrogen and oxygen atoms in total. The number of hydrogen-bond acceptors (Lipinski definition) is 4. The third-order valence-corrected chi connectivity index (χ3v) is 5.48. The highest BCUT2D eigenvalue weighted by molar-refractivity contribution is 5.97. The number of aliphatic hydroxyl groups is 1. The number of carbonyl (C=O) groups excluding carboxylic acids is 1. The van der Waals surface area contributed by atoms with Gasteiger partial charge in [0, 0.05) is 12.1 Å². The Morgan fingerprint density at radius 2 is 1.53 bits per heavy atom. The summed E-state index contributed by atoms with van der Waals surface area (Å²) in [4.78, 5) is 12.0. The minimum Gasteiger partial charge on any atom is -0.493 e. The molecule has 0 heterocycles. The average molecular weight is 433 g/mol. The number of ether oxygens (including phenoxy) is 1. The van der Waals surface area contributed by atoms with Crippen molar-refractivity contribution in [1.29, 1.82) is 0 Å². The Kier molecular flexibility index (Phi) is 7.67. The molecule has 0 saturated heterocycles. The first-order chi connectivity index (χ1) is 15.3. The van der Waals surface area contributed by atoms with Gasteiger partial charge in [0.05, 0.1) is 13.2 Å². The second-order valence-corrected chi connectivity index (χ2v) is 8.63. The summed E-state index contributed by atoms with van der Waals surface area (Å²) >= 11 is 0. The highest BCUT2D eigenvalue weighted by Crippen LogP contribution is 2.23. The van der Waals surface area contributed by atoms with E-state index >= 15 is 0 Å². The summed E-state index contributed by atoms with van der Waals surface area (Å²) in [6.07, 6.45) is 0.799. The molecule has 0 radical (unpaired) electrons. The number of nitrogens with two attached hydrogens (primary N) is 1. The molecule has 3 aromatic carbocycles. The lowest BCUT2D eigenvalue weighted by Crippen LogP contribution is -2.51. The number of aliphatic hydroxyl groups excluding tert-OH is 1. The minimum absolute atomic E-state index is 0.425. The normalized spacial score (nSPS) is 12.9. The number of rotatable bonds is 9. The molecule has 0 fully saturated rings. The van der Waals surface area contributed by atoms with Crippen molar-refractivity contribution in [1.82, 2.24) is 0 Å². The van der Waals surface area contributed by atoms with Gasteiger partial charge in [0.1, 0.15) is 11.3 Å². The van der Waals surface area contributed by atoms with E-state index in [1.807, 2.05) is 0 Å². The van der Waals surface area contributed by atoms with Gasteiger partial charge in [-0.05, 0) is 59.4 Å². The maximum atomic E-state index is 12.0. The first kappa shape index (κ1) is 23.5. The van der Waals surface area contributed by atoms with Crippen molar-refractivity contribution >= 4 is 11.6 Å². The van der Waals surface area contributed by atoms with Gasteiger partial charge in [-0.1, -0.05) is 62.4 Å². The Hall–Kier alpha value is -3.15. The van der Waals surface area contributed by atoms with Crippen molar-refractivity contribution in [3.63, 3.8) is 0 Å². The fraction of sp³-hybridized carbons (Fsp3) is 0.296. The number of amides is 1. The molecule has 3 aromatic rings. The van der Waals surface area contributed by atoms with Crippen LogP contribution < -0.4 is 15.8 Å². The van der Waals surface area contributed by atoms with Crippen LogP contribution in [0.1, 0.15) is 37.8 Å². The molecule has 32 heavy (non-hydrogen) atoms. The van der Waals surface area contributed by atoms with Crippen LogP contribution in [0.2, 0.25) is 0 Å². The largest absolute Gasteiger partial charge is 0.493 e. The molecule has 3 rings (SSSR count). The van der Waals surface area contributed by atoms with Crippen LogP contribution in [0.15, 0.2) is 72.8 Å². The predicted octanol–water partition coefficient (Wildman–Crippen LogP) is 4.75. The van der Waals surface area contributed by atoms with E-state index in [9.17, 15) is 9.90 Å². The Balaban J connectivity index is 1.49. The highest BCUT2D eigenvalue weighted by atomic mass is 16.5. The predicted molar refractivity (Wildman–Crippen MR) is 130 cm³/mol. The summed E-state index contributed by atoms with van der Waals surface area (Å²) in [5, 5.41) is 11.9. The van der Waals surface area contributed by atoms with E-state index in [-0.39, 0.29) is 0 Å². The van der Waals surface area contributed by atoms with Gasteiger partial charge in [0.2, 0.25) is 5.91 Å². The first-order valence-electron chi connectivity index (χ1n) is 10.9. The van der Waals surface area contributed by atoms with Gasteiger partial charge in [0.25, 0.3) is 0 Å². The summed E-state index contributed by atoms with van der Waals surface area (Å²) in [6, 6.07) is 24.4. The maximum Gasteiger partial charge on any atom is 0.246 e. The Bertz CT molecular complexity index is 1010. The molecule has 0 spiro atoms. The molecular weight excluding hydrogens is 400 g/mol. The van der Waals surface area contributed by atoms with E-state index in [0.29, 0.717) is 18.2 Å². The van der Waals surface area contributed by atoms with Gasteiger partial charge in [0.15, 0.2) is 0 Å². The lowest BCUT2D eigenvalue weighted by atomic mass is 9.98. The Labute approximate surface area is 190 Å². The van der Waals surface area contributed by atoms with Gasteiger partial charge in [-0.25, -0.2) is 0 Å². The van der Waals surface area contributed by atoms with Gasteiger partial charge in [-0.15, -0.1) is 0 Å². The van der Waals surface area contributed by atoms with Crippen molar-refractivity contribution in [3.05, 3.63) is 83.9 Å². The van der Waals surface area contributed by atoms with Crippen LogP contribution in [0.3, 0.4) is 0 Å². The zero-order chi connectivity index (χ0) is 23.1. The number of benzene rings is 3. The van der Waals surface area contributed by atoms with Gasteiger partial charge >= 0.3 is 0 Å². The molecule has 0 aliphatic rings. The fourth-order valence-electron chi connectivity index (χ4n) is 3.19. The maximum absolute atomic E-state index is 12.0. The van der Waals surface area contributed by atoms with E-state index in [2.05, 4.69) is 67.7 Å². The third-order valence-electron chi connectivity index (χ3n) is 5.48. The summed E-state index contributed by atoms with van der Waals surface area (Å²) in [5.41, 5.74) is 10.0. The molecular formula is C27H32N2O3. The summed E-state index contributed by atoms with van der Waals surface area (Å²) < 4.78 is 5.83. The third kappa shape index (κ3) is 6.19. The fourth-order valence-corrected chi connectivity index (χ4v) is 3.19. The summed E-state index contributed by atoms with van der Waals surface area (Å²) in [6.45, 7) is 6.01. The molecule has 5 heteroatoms. The van der Waals surface area contributed by atoms with Gasteiger partial charge < -0.3 is 20.9 Å². The van der Waals surface area contributed by atoms with Crippen LogP contribution in [0.4, 0.5) is 5.69 Å². The molecule has 0 saturated carbocycles. The van der Waals surface area contributed by atoms with Crippen LogP contribution >= 0.6 is 0 Å². The lowest BCUT2D eigenvalue weighted by Gasteiger charge is -2.20. The summed E-state index contributed by atoms with van der Waals surface area (Å²) in [7, 11) is 0. The van der Waals surface area contributed by atoms with E-state index < -0.39 is 18.1 Å². The standard InChI is InChI=1S/C27H32N2O3/c1-19(2)21-8-10-23(11-9-21)22-6-4-20(5-7-22)16-17-32-25-14-12-24(13-15-25)29-26(31)27(3,28)18-30/h4-15,19,30H,16-18,28H2,1-3H3,(H,29,31)/t27-/m0/s1. The van der Waals surface area contributed by atoms with E-state index in [1.54, 1.807) is 24.3 Å². The molecule has 1 amide bonds. The number of carbonyl (C=O) groups is 1. The SMILES string of the molecule is CC(C)c1ccc(-c2ccc(CCOc3ccc(NC(=O)[C@@](C)(N)CO)cc3)cc2)cc1. The molecule has 168 valence electrons. The number of anilines is 1. The first-order valence-corrected chi connectivity index (χ1v) is 10.9. The zero-order valence-corrected chi connectivity index (χ0v) is 19.0. The molecule has 0 bridgehead atoms. The molecule has 0 aliphatic carbocycles. The van der Waals surface area contributed by atoms with Crippen LogP contribution in [0, 0.1) is 0 Å². The average Bonchev–Trinajstić information content (AvgIpc) is 2.80. The number of nitrogens with one attached hydrogen (secondary N) is 1. The second kappa shape index (κ2) is 10.4. The Morgan fingerprint density at radius 1 is 0.969 bits per heavy atom. The molecule has 1 atom stereocenters. The molecule has 4 N–H and O–H groups in total. The van der Waals surface area contributed by atoms with Crippen LogP contribution in [0.5, 0.6) is 5.75 Å². The van der Waals surface area contributed by atoms with Crippen molar-refractivity contribution in [2.24, 2.45) is 5.73 Å². The zero-order valence-electron chi connectivity index (χ0n) is 19.0. The minimum atomic E-state index is -1.32. The van der Waals surface area contributed by atoms with Crippen LogP contribution in [0.25, 0.3) is 11.1 Å². The van der Waals surface area contributed by atoms with Crippen molar-refractivity contribution in [2.75, 3.05) is 18.5 Å². The summed E-state index contributed by atoms with van der Waals surface area (Å²) in [5.74, 6) is 0.824. The lowest BCUT2D eigenvalue weighted by molar-refractivity contribution is -0.121. The van der Waals surface area contributed by atoms with E-state index in [1.165, 1.54) is 29.2 Å². The second-order valence-electron chi connectivity index (χ2n) is 8.63. The monoisotopic (exact) mass is 432 g/mol. The van der Waals surface area contributed by atoms with E-state index in [0.717, 1.165) is 12.2 Å². The molecule has 0 unspecified atom stereocenters. The van der Waals surface area contributed by atoms with Crippen LogP contribution in [-0.4, -0.2) is 29.8 Å². The van der Waals surface area contributed by atoms with E-state index in [4.69, 9.17) is 10.5 Å². The molecule has 0 aromatic heterocycles. The molecule has 0 aliphatic heterocycles. The quantitative estimate of drug-likeness (QED) is 0.456. The van der Waals surface area contributed by atoms with Crippen molar-refractivity contribution in [3.8, 4) is 16.9 Å². The number of hydrogen-bond donors (Lipinski definition) is 3.